The first-order valence-electron chi connectivity index (χ1n) is 6.09. The van der Waals surface area contributed by atoms with Gasteiger partial charge < -0.3 is 10.4 Å². The number of nitrogens with zero attached hydrogens (tertiary/aromatic N) is 2. The number of carbonyl (C=O) groups is 2. The molecule has 0 saturated heterocycles. The molecule has 1 unspecified atom stereocenters. The third kappa shape index (κ3) is 3.77. The average Bonchev–Trinajstić information content (AvgIpc) is 2.73. The van der Waals surface area contributed by atoms with Gasteiger partial charge in [0.05, 0.1) is 0 Å². The maximum absolute atomic E-state index is 11.9. The van der Waals surface area contributed by atoms with Gasteiger partial charge in [-0.25, -0.2) is 9.78 Å². The van der Waals surface area contributed by atoms with Crippen molar-refractivity contribution in [2.24, 2.45) is 5.92 Å². The Morgan fingerprint density at radius 2 is 1.89 bits per heavy atom. The number of aromatic nitrogens is 3. The quantitative estimate of drug-likeness (QED) is 0.753. The van der Waals surface area contributed by atoms with E-state index in [1.807, 2.05) is 20.8 Å². The minimum Gasteiger partial charge on any atom is -0.480 e. The topological polar surface area (TPSA) is 108 Å². The van der Waals surface area contributed by atoms with Crippen molar-refractivity contribution < 1.29 is 14.7 Å². The third-order valence-electron chi connectivity index (χ3n) is 2.62. The van der Waals surface area contributed by atoms with Gasteiger partial charge in [-0.05, 0) is 5.92 Å². The molecule has 1 aromatic heterocycles. The predicted molar refractivity (Wildman–Crippen MR) is 68.8 cm³/mol. The van der Waals surface area contributed by atoms with Crippen molar-refractivity contribution in [3.05, 3.63) is 11.6 Å². The van der Waals surface area contributed by atoms with E-state index in [-0.39, 0.29) is 17.2 Å². The number of carbonyl (C=O) groups excluding carboxylic acids is 1. The molecule has 0 aliphatic rings. The second-order valence-electron chi connectivity index (χ2n) is 5.79. The molecule has 7 heteroatoms. The largest absolute Gasteiger partial charge is 0.480 e. The van der Waals surface area contributed by atoms with E-state index in [4.69, 9.17) is 5.11 Å². The van der Waals surface area contributed by atoms with Crippen molar-refractivity contribution in [1.29, 1.82) is 0 Å². The Balaban J connectivity index is 2.84. The Labute approximate surface area is 111 Å². The number of aliphatic carboxylic acids is 1. The molecule has 0 radical (unpaired) electrons. The Morgan fingerprint density at radius 3 is 2.26 bits per heavy atom. The molecule has 0 saturated carbocycles. The van der Waals surface area contributed by atoms with Crippen LogP contribution in [0.3, 0.4) is 0 Å². The smallest absolute Gasteiger partial charge is 0.326 e. The highest BCUT2D eigenvalue weighted by atomic mass is 16.4. The van der Waals surface area contributed by atoms with E-state index in [1.165, 1.54) is 0 Å². The van der Waals surface area contributed by atoms with Crippen LogP contribution in [0.25, 0.3) is 0 Å². The third-order valence-corrected chi connectivity index (χ3v) is 2.62. The fourth-order valence-corrected chi connectivity index (χ4v) is 1.42. The maximum Gasteiger partial charge on any atom is 0.326 e. The number of rotatable bonds is 4. The molecule has 0 spiro atoms. The molecule has 3 N–H and O–H groups in total. The summed E-state index contributed by atoms with van der Waals surface area (Å²) < 4.78 is 0. The number of nitrogens with one attached hydrogen (secondary N) is 2. The molecule has 19 heavy (non-hydrogen) atoms. The maximum atomic E-state index is 11.9. The van der Waals surface area contributed by atoms with Gasteiger partial charge in [-0.3, -0.25) is 9.89 Å². The second kappa shape index (κ2) is 5.38. The lowest BCUT2D eigenvalue weighted by Gasteiger charge is -2.16. The van der Waals surface area contributed by atoms with Gasteiger partial charge in [0.2, 0.25) is 5.82 Å². The predicted octanol–water partition coefficient (Wildman–Crippen LogP) is 0.941. The summed E-state index contributed by atoms with van der Waals surface area (Å²) in [5, 5.41) is 17.9. The molecule has 0 aliphatic heterocycles. The van der Waals surface area contributed by atoms with Crippen LogP contribution in [0, 0.1) is 5.92 Å². The van der Waals surface area contributed by atoms with E-state index in [0.29, 0.717) is 5.82 Å². The molecule has 0 fully saturated rings. The fraction of sp³-hybridized carbons (Fsp3) is 0.667. The number of carboxylic acids is 1. The van der Waals surface area contributed by atoms with Gasteiger partial charge in [0.15, 0.2) is 0 Å². The molecular weight excluding hydrogens is 248 g/mol. The number of hydrogen-bond acceptors (Lipinski definition) is 4. The Hall–Kier alpha value is -1.92. The molecule has 1 heterocycles. The van der Waals surface area contributed by atoms with E-state index in [2.05, 4.69) is 20.5 Å². The highest BCUT2D eigenvalue weighted by Crippen LogP contribution is 2.17. The van der Waals surface area contributed by atoms with E-state index in [9.17, 15) is 9.59 Å². The van der Waals surface area contributed by atoms with Crippen LogP contribution in [0.4, 0.5) is 0 Å². The first-order chi connectivity index (χ1) is 8.62. The monoisotopic (exact) mass is 268 g/mol. The summed E-state index contributed by atoms with van der Waals surface area (Å²) in [5.41, 5.74) is -0.254. The fourth-order valence-electron chi connectivity index (χ4n) is 1.42. The lowest BCUT2D eigenvalue weighted by Crippen LogP contribution is -2.44. The molecule has 1 rings (SSSR count). The van der Waals surface area contributed by atoms with Gasteiger partial charge >= 0.3 is 5.97 Å². The number of aromatic amines is 1. The average molecular weight is 268 g/mol. The van der Waals surface area contributed by atoms with Crippen LogP contribution >= 0.6 is 0 Å². The molecule has 1 aromatic rings. The Kier molecular flexibility index (Phi) is 4.28. The van der Waals surface area contributed by atoms with Gasteiger partial charge in [-0.15, -0.1) is 5.10 Å². The summed E-state index contributed by atoms with van der Waals surface area (Å²) in [6, 6.07) is -0.955. The highest BCUT2D eigenvalue weighted by molar-refractivity contribution is 5.93. The van der Waals surface area contributed by atoms with Gasteiger partial charge in [0.1, 0.15) is 11.9 Å². The molecule has 7 nitrogen and oxygen atoms in total. The molecule has 0 bridgehead atoms. The van der Waals surface area contributed by atoms with Crippen molar-refractivity contribution in [2.45, 2.75) is 46.1 Å². The van der Waals surface area contributed by atoms with Crippen LogP contribution in [0.15, 0.2) is 0 Å². The van der Waals surface area contributed by atoms with E-state index >= 15 is 0 Å². The second-order valence-corrected chi connectivity index (χ2v) is 5.79. The summed E-state index contributed by atoms with van der Waals surface area (Å²) in [7, 11) is 0. The van der Waals surface area contributed by atoms with Crippen molar-refractivity contribution in [3.8, 4) is 0 Å². The van der Waals surface area contributed by atoms with Crippen LogP contribution in [0.5, 0.6) is 0 Å². The van der Waals surface area contributed by atoms with Gasteiger partial charge in [-0.2, -0.15) is 0 Å². The zero-order chi connectivity index (χ0) is 14.8. The van der Waals surface area contributed by atoms with Crippen LogP contribution in [-0.2, 0) is 10.2 Å². The molecular formula is C12H20N4O3. The Bertz CT molecular complexity index is 474. The van der Waals surface area contributed by atoms with E-state index in [1.54, 1.807) is 13.8 Å². The minimum atomic E-state index is -1.07. The van der Waals surface area contributed by atoms with Crippen LogP contribution < -0.4 is 5.32 Å². The first kappa shape index (κ1) is 15.1. The van der Waals surface area contributed by atoms with Gasteiger partial charge in [0.25, 0.3) is 5.91 Å². The lowest BCUT2D eigenvalue weighted by atomic mass is 9.96. The Morgan fingerprint density at radius 1 is 1.32 bits per heavy atom. The number of amides is 1. The highest BCUT2D eigenvalue weighted by Gasteiger charge is 2.27. The van der Waals surface area contributed by atoms with Crippen LogP contribution in [-0.4, -0.2) is 38.2 Å². The normalized spacial score (nSPS) is 13.4. The van der Waals surface area contributed by atoms with Crippen molar-refractivity contribution in [2.75, 3.05) is 0 Å². The van der Waals surface area contributed by atoms with Crippen molar-refractivity contribution in [3.63, 3.8) is 0 Å². The number of carboxylic acid groups (broad SMARTS) is 1. The van der Waals surface area contributed by atoms with Crippen molar-refractivity contribution in [1.82, 2.24) is 20.5 Å². The molecule has 1 atom stereocenters. The molecule has 106 valence electrons. The summed E-state index contributed by atoms with van der Waals surface area (Å²) in [5.74, 6) is -1.35. The summed E-state index contributed by atoms with van der Waals surface area (Å²) in [6.07, 6.45) is 0. The van der Waals surface area contributed by atoms with E-state index in [0.717, 1.165) is 0 Å². The minimum absolute atomic E-state index is 0.0446. The standard InChI is InChI=1S/C12H20N4O3/c1-6(2)7(10(18)19)13-9(17)8-14-11(16-15-8)12(3,4)5/h6-7H,1-5H3,(H,13,17)(H,18,19)(H,14,15,16). The summed E-state index contributed by atoms with van der Waals surface area (Å²) in [6.45, 7) is 9.24. The SMILES string of the molecule is CC(C)C(NC(=O)c1n[nH]c(C(C)(C)C)n1)C(=O)O. The zero-order valence-corrected chi connectivity index (χ0v) is 11.8. The van der Waals surface area contributed by atoms with Crippen LogP contribution in [0.2, 0.25) is 0 Å². The zero-order valence-electron chi connectivity index (χ0n) is 11.8. The number of H-pyrrole nitrogens is 1. The molecule has 0 aromatic carbocycles. The van der Waals surface area contributed by atoms with Crippen molar-refractivity contribution >= 4 is 11.9 Å². The number of hydrogen-bond donors (Lipinski definition) is 3. The van der Waals surface area contributed by atoms with E-state index < -0.39 is 17.9 Å². The summed E-state index contributed by atoms with van der Waals surface area (Å²) in [4.78, 5) is 27.0. The summed E-state index contributed by atoms with van der Waals surface area (Å²) >= 11 is 0. The van der Waals surface area contributed by atoms with Gasteiger partial charge in [0, 0.05) is 5.41 Å². The lowest BCUT2D eigenvalue weighted by molar-refractivity contribution is -0.140. The molecule has 0 aliphatic carbocycles. The van der Waals surface area contributed by atoms with Gasteiger partial charge in [-0.1, -0.05) is 34.6 Å². The first-order valence-corrected chi connectivity index (χ1v) is 6.09. The molecule has 1 amide bonds. The van der Waals surface area contributed by atoms with Crippen LogP contribution in [0.1, 0.15) is 51.1 Å².